The molecule has 0 aromatic rings. The number of carbonyl (C=O) groups is 1. The summed E-state index contributed by atoms with van der Waals surface area (Å²) in [5, 5.41) is 6.22. The Bertz CT molecular complexity index is 241. The maximum absolute atomic E-state index is 11.6. The molecule has 0 bridgehead atoms. The zero-order chi connectivity index (χ0) is 11.4. The van der Waals surface area contributed by atoms with Gasteiger partial charge in [-0.3, -0.25) is 4.79 Å². The van der Waals surface area contributed by atoms with Crippen LogP contribution in [-0.2, 0) is 9.53 Å². The summed E-state index contributed by atoms with van der Waals surface area (Å²) >= 11 is 0. The molecule has 2 heterocycles. The van der Waals surface area contributed by atoms with Crippen LogP contribution in [0.4, 0.5) is 0 Å². The van der Waals surface area contributed by atoms with Gasteiger partial charge in [0.15, 0.2) is 0 Å². The van der Waals surface area contributed by atoms with Crippen LogP contribution < -0.4 is 10.6 Å². The lowest BCUT2D eigenvalue weighted by molar-refractivity contribution is -0.122. The molecule has 0 aromatic carbocycles. The lowest BCUT2D eigenvalue weighted by Gasteiger charge is -2.26. The highest BCUT2D eigenvalue weighted by atomic mass is 16.5. The van der Waals surface area contributed by atoms with Gasteiger partial charge in [0.1, 0.15) is 0 Å². The summed E-state index contributed by atoms with van der Waals surface area (Å²) < 4.78 is 5.60. The topological polar surface area (TPSA) is 50.4 Å². The van der Waals surface area contributed by atoms with E-state index in [0.29, 0.717) is 24.4 Å². The monoisotopic (exact) mass is 226 g/mol. The molecular formula is C12H22N2O2. The van der Waals surface area contributed by atoms with Gasteiger partial charge in [-0.05, 0) is 31.8 Å². The number of hydrogen-bond donors (Lipinski definition) is 2. The lowest BCUT2D eigenvalue weighted by Crippen LogP contribution is -2.45. The van der Waals surface area contributed by atoms with Gasteiger partial charge in [-0.15, -0.1) is 0 Å². The molecule has 4 nitrogen and oxygen atoms in total. The number of amides is 1. The van der Waals surface area contributed by atoms with Crippen molar-refractivity contribution in [2.24, 2.45) is 11.8 Å². The molecule has 2 N–H and O–H groups in total. The van der Waals surface area contributed by atoms with Gasteiger partial charge in [0, 0.05) is 25.5 Å². The van der Waals surface area contributed by atoms with Gasteiger partial charge in [0.2, 0.25) is 5.91 Å². The summed E-state index contributed by atoms with van der Waals surface area (Å²) in [4.78, 5) is 11.6. The summed E-state index contributed by atoms with van der Waals surface area (Å²) in [5.41, 5.74) is 0. The standard InChI is InChI=1S/C12H22N2O2/c1-2-11-10(3-4-16-11)8-14-12(15)5-9-6-13-7-9/h9-11,13H,2-8H2,1H3,(H,14,15). The second-order valence-electron chi connectivity index (χ2n) is 4.90. The van der Waals surface area contributed by atoms with Gasteiger partial charge in [-0.2, -0.15) is 0 Å². The van der Waals surface area contributed by atoms with E-state index in [-0.39, 0.29) is 5.91 Å². The summed E-state index contributed by atoms with van der Waals surface area (Å²) in [6, 6.07) is 0. The van der Waals surface area contributed by atoms with Crippen LogP contribution in [-0.4, -0.2) is 38.3 Å². The normalized spacial score (nSPS) is 30.1. The van der Waals surface area contributed by atoms with Crippen molar-refractivity contribution < 1.29 is 9.53 Å². The lowest BCUT2D eigenvalue weighted by atomic mass is 9.97. The van der Waals surface area contributed by atoms with Crippen LogP contribution in [0.5, 0.6) is 0 Å². The number of rotatable bonds is 5. The molecule has 2 unspecified atom stereocenters. The smallest absolute Gasteiger partial charge is 0.220 e. The predicted molar refractivity (Wildman–Crippen MR) is 62.1 cm³/mol. The molecule has 2 saturated heterocycles. The van der Waals surface area contributed by atoms with Gasteiger partial charge < -0.3 is 15.4 Å². The quantitative estimate of drug-likeness (QED) is 0.719. The largest absolute Gasteiger partial charge is 0.378 e. The molecule has 0 aliphatic carbocycles. The van der Waals surface area contributed by atoms with Gasteiger partial charge >= 0.3 is 0 Å². The van der Waals surface area contributed by atoms with Crippen molar-refractivity contribution >= 4 is 5.91 Å². The minimum absolute atomic E-state index is 0.202. The van der Waals surface area contributed by atoms with Crippen molar-refractivity contribution in [3.05, 3.63) is 0 Å². The van der Waals surface area contributed by atoms with E-state index in [1.165, 1.54) is 0 Å². The Morgan fingerprint density at radius 3 is 2.94 bits per heavy atom. The maximum atomic E-state index is 11.6. The van der Waals surface area contributed by atoms with E-state index in [4.69, 9.17) is 4.74 Å². The first-order valence-corrected chi connectivity index (χ1v) is 6.38. The fraction of sp³-hybridized carbons (Fsp3) is 0.917. The third-order valence-corrected chi connectivity index (χ3v) is 3.65. The fourth-order valence-corrected chi connectivity index (χ4v) is 2.45. The molecule has 92 valence electrons. The molecule has 0 radical (unpaired) electrons. The Balaban J connectivity index is 1.63. The first kappa shape index (κ1) is 11.9. The van der Waals surface area contributed by atoms with Gasteiger partial charge in [-0.1, -0.05) is 6.92 Å². The minimum Gasteiger partial charge on any atom is -0.378 e. The number of ether oxygens (including phenoxy) is 1. The molecule has 4 heteroatoms. The van der Waals surface area contributed by atoms with E-state index in [1.54, 1.807) is 0 Å². The zero-order valence-electron chi connectivity index (χ0n) is 10.00. The molecule has 1 amide bonds. The first-order valence-electron chi connectivity index (χ1n) is 6.38. The summed E-state index contributed by atoms with van der Waals surface area (Å²) in [6.45, 7) is 5.78. The average molecular weight is 226 g/mol. The summed E-state index contributed by atoms with van der Waals surface area (Å²) in [5.74, 6) is 1.28. The Kier molecular flexibility index (Phi) is 4.18. The third-order valence-electron chi connectivity index (χ3n) is 3.65. The SMILES string of the molecule is CCC1OCCC1CNC(=O)CC1CNC1. The van der Waals surface area contributed by atoms with Crippen LogP contribution in [0.15, 0.2) is 0 Å². The van der Waals surface area contributed by atoms with E-state index >= 15 is 0 Å². The molecule has 0 saturated carbocycles. The van der Waals surface area contributed by atoms with Crippen LogP contribution in [0.1, 0.15) is 26.2 Å². The average Bonchev–Trinajstić information content (AvgIpc) is 2.68. The van der Waals surface area contributed by atoms with Crippen molar-refractivity contribution in [2.75, 3.05) is 26.2 Å². The fourth-order valence-electron chi connectivity index (χ4n) is 2.45. The van der Waals surface area contributed by atoms with Gasteiger partial charge in [0.25, 0.3) is 0 Å². The molecule has 0 aromatic heterocycles. The Hall–Kier alpha value is -0.610. The highest BCUT2D eigenvalue weighted by Crippen LogP contribution is 2.22. The molecule has 2 aliphatic heterocycles. The molecular weight excluding hydrogens is 204 g/mol. The van der Waals surface area contributed by atoms with Crippen molar-refractivity contribution in [2.45, 2.75) is 32.3 Å². The predicted octanol–water partition coefficient (Wildman–Crippen LogP) is 0.527. The molecule has 2 fully saturated rings. The van der Waals surface area contributed by atoms with E-state index in [0.717, 1.165) is 39.1 Å². The Morgan fingerprint density at radius 2 is 2.31 bits per heavy atom. The van der Waals surface area contributed by atoms with Crippen LogP contribution in [0.3, 0.4) is 0 Å². The van der Waals surface area contributed by atoms with Gasteiger partial charge in [-0.25, -0.2) is 0 Å². The minimum atomic E-state index is 0.202. The molecule has 2 aliphatic rings. The second kappa shape index (κ2) is 5.64. The number of carbonyl (C=O) groups excluding carboxylic acids is 1. The summed E-state index contributed by atoms with van der Waals surface area (Å²) in [6.07, 6.45) is 3.17. The summed E-state index contributed by atoms with van der Waals surface area (Å²) in [7, 11) is 0. The zero-order valence-corrected chi connectivity index (χ0v) is 10.00. The van der Waals surface area contributed by atoms with Crippen LogP contribution in [0.25, 0.3) is 0 Å². The van der Waals surface area contributed by atoms with E-state index in [2.05, 4.69) is 17.6 Å². The first-order chi connectivity index (χ1) is 7.79. The second-order valence-corrected chi connectivity index (χ2v) is 4.90. The van der Waals surface area contributed by atoms with Crippen LogP contribution >= 0.6 is 0 Å². The number of nitrogens with one attached hydrogen (secondary N) is 2. The highest BCUT2D eigenvalue weighted by molar-refractivity contribution is 5.76. The Labute approximate surface area is 97.1 Å². The molecule has 2 atom stereocenters. The highest BCUT2D eigenvalue weighted by Gasteiger charge is 2.27. The van der Waals surface area contributed by atoms with E-state index < -0.39 is 0 Å². The third kappa shape index (κ3) is 2.95. The van der Waals surface area contributed by atoms with Crippen LogP contribution in [0.2, 0.25) is 0 Å². The molecule has 2 rings (SSSR count). The number of hydrogen-bond acceptors (Lipinski definition) is 3. The van der Waals surface area contributed by atoms with E-state index in [9.17, 15) is 4.79 Å². The van der Waals surface area contributed by atoms with Crippen molar-refractivity contribution in [1.82, 2.24) is 10.6 Å². The molecule has 16 heavy (non-hydrogen) atoms. The van der Waals surface area contributed by atoms with Crippen LogP contribution in [0, 0.1) is 11.8 Å². The Morgan fingerprint density at radius 1 is 1.50 bits per heavy atom. The van der Waals surface area contributed by atoms with Crippen molar-refractivity contribution in [3.8, 4) is 0 Å². The van der Waals surface area contributed by atoms with Gasteiger partial charge in [0.05, 0.1) is 6.10 Å². The van der Waals surface area contributed by atoms with Crippen molar-refractivity contribution in [3.63, 3.8) is 0 Å². The van der Waals surface area contributed by atoms with E-state index in [1.807, 2.05) is 0 Å². The van der Waals surface area contributed by atoms with Crippen molar-refractivity contribution in [1.29, 1.82) is 0 Å². The molecule has 0 spiro atoms. The maximum Gasteiger partial charge on any atom is 0.220 e.